The largest absolute Gasteiger partial charge is 0.416 e. The lowest BCUT2D eigenvalue weighted by Crippen LogP contribution is -2.39. The van der Waals surface area contributed by atoms with Crippen molar-refractivity contribution in [3.63, 3.8) is 0 Å². The normalized spacial score (nSPS) is 20.8. The molecule has 1 aliphatic carbocycles. The molecule has 1 saturated carbocycles. The fraction of sp³-hybridized carbons (Fsp3) is 0.344. The summed E-state index contributed by atoms with van der Waals surface area (Å²) < 4.78 is 70.6. The van der Waals surface area contributed by atoms with Gasteiger partial charge in [0.25, 0.3) is 11.8 Å². The highest BCUT2D eigenvalue weighted by molar-refractivity contribution is 6.06. The molecule has 2 aliphatic rings. The number of pyridine rings is 2. The first-order chi connectivity index (χ1) is 21.9. The van der Waals surface area contributed by atoms with Gasteiger partial charge in [-0.1, -0.05) is 12.1 Å². The molecule has 2 amide bonds. The minimum atomic E-state index is -4.59. The van der Waals surface area contributed by atoms with Gasteiger partial charge in [0.15, 0.2) is 0 Å². The molecule has 9 nitrogen and oxygen atoms in total. The monoisotopic (exact) mass is 639 g/mol. The predicted octanol–water partition coefficient (Wildman–Crippen LogP) is 6.78. The van der Waals surface area contributed by atoms with E-state index in [0.29, 0.717) is 34.1 Å². The van der Waals surface area contributed by atoms with Gasteiger partial charge in [-0.05, 0) is 68.5 Å². The summed E-state index contributed by atoms with van der Waals surface area (Å²) in [6.45, 7) is 0. The second kappa shape index (κ2) is 12.1. The standard InChI is InChI=1S/C32H30F5N7O2/c33-31(34)12-2-5-25(45)41-22-3-1-4-23(16-22)44-28-20(10-13-31)17-40-29(38)26(28)27(43-44)18-6-8-19(9-7-18)30(46)42-24-15-21(11-14-39-24)32(35,36)37/h6-11,13-15,17,22-23H,1-5,12,16H2,(H2,38,40)(H,41,45)(H,39,42,46)/b13-10+/t22-,23-/m1/s1. The molecule has 2 atom stereocenters. The van der Waals surface area contributed by atoms with Crippen LogP contribution in [0.4, 0.5) is 33.6 Å². The van der Waals surface area contributed by atoms with Gasteiger partial charge in [0.2, 0.25) is 5.91 Å². The number of nitrogens with two attached hydrogens (primary N) is 1. The number of nitrogens with zero attached hydrogens (tertiary/aromatic N) is 4. The lowest BCUT2D eigenvalue weighted by Gasteiger charge is -2.31. The second-order valence-electron chi connectivity index (χ2n) is 11.6. The number of allylic oxidation sites excluding steroid dienone is 1. The quantitative estimate of drug-likeness (QED) is 0.212. The number of hydrogen-bond acceptors (Lipinski definition) is 6. The number of carbonyl (C=O) groups excluding carboxylic acids is 2. The number of amides is 2. The van der Waals surface area contributed by atoms with Crippen LogP contribution in [0.1, 0.15) is 72.5 Å². The Morgan fingerprint density at radius 2 is 1.87 bits per heavy atom. The van der Waals surface area contributed by atoms with Crippen LogP contribution in [-0.2, 0) is 11.0 Å². The van der Waals surface area contributed by atoms with E-state index in [9.17, 15) is 31.5 Å². The number of nitrogen functional groups attached to an aromatic ring is 1. The van der Waals surface area contributed by atoms with E-state index in [1.165, 1.54) is 24.4 Å². The molecule has 4 N–H and O–H groups in total. The maximum Gasteiger partial charge on any atom is 0.416 e. The number of aromatic nitrogens is 4. The van der Waals surface area contributed by atoms with Gasteiger partial charge in [0.05, 0.1) is 22.5 Å². The van der Waals surface area contributed by atoms with Crippen LogP contribution in [0.25, 0.3) is 28.2 Å². The molecule has 3 aromatic heterocycles. The van der Waals surface area contributed by atoms with Crippen molar-refractivity contribution < 1.29 is 31.5 Å². The summed E-state index contributed by atoms with van der Waals surface area (Å²) >= 11 is 0. The first-order valence-corrected chi connectivity index (χ1v) is 14.9. The van der Waals surface area contributed by atoms with Gasteiger partial charge in [-0.3, -0.25) is 14.3 Å². The van der Waals surface area contributed by atoms with Crippen LogP contribution in [0.3, 0.4) is 0 Å². The number of fused-ring (bicyclic) bond motifs is 3. The molecule has 1 aliphatic heterocycles. The number of anilines is 2. The Balaban J connectivity index is 1.38. The number of halogens is 5. The number of benzene rings is 1. The van der Waals surface area contributed by atoms with E-state index < -0.39 is 30.0 Å². The van der Waals surface area contributed by atoms with Crippen LogP contribution < -0.4 is 16.4 Å². The smallest absolute Gasteiger partial charge is 0.383 e. The average molecular weight is 640 g/mol. The Hall–Kier alpha value is -4.88. The summed E-state index contributed by atoms with van der Waals surface area (Å²) in [6.07, 6.45) is 2.43. The molecule has 46 heavy (non-hydrogen) atoms. The first kappa shape index (κ1) is 31.1. The number of nitrogens with one attached hydrogen (secondary N) is 2. The van der Waals surface area contributed by atoms with Gasteiger partial charge in [0.1, 0.15) is 17.3 Å². The summed E-state index contributed by atoms with van der Waals surface area (Å²) in [4.78, 5) is 33.5. The summed E-state index contributed by atoms with van der Waals surface area (Å²) in [6, 6.07) is 7.44. The van der Waals surface area contributed by atoms with Crippen LogP contribution in [0.2, 0.25) is 0 Å². The fourth-order valence-corrected chi connectivity index (χ4v) is 6.05. The zero-order valence-electron chi connectivity index (χ0n) is 24.5. The highest BCUT2D eigenvalue weighted by Gasteiger charge is 2.32. The molecule has 1 aromatic carbocycles. The minimum Gasteiger partial charge on any atom is -0.383 e. The fourth-order valence-electron chi connectivity index (χ4n) is 6.05. The molecule has 240 valence electrons. The second-order valence-corrected chi connectivity index (χ2v) is 11.6. The van der Waals surface area contributed by atoms with E-state index in [4.69, 9.17) is 10.8 Å². The Morgan fingerprint density at radius 3 is 2.63 bits per heavy atom. The molecule has 0 unspecified atom stereocenters. The lowest BCUT2D eigenvalue weighted by molar-refractivity contribution is -0.137. The summed E-state index contributed by atoms with van der Waals surface area (Å²) in [5.41, 5.74) is 7.50. The van der Waals surface area contributed by atoms with Crippen molar-refractivity contribution in [2.24, 2.45) is 0 Å². The molecule has 0 spiro atoms. The van der Waals surface area contributed by atoms with E-state index in [1.54, 1.807) is 16.8 Å². The molecule has 4 heterocycles. The maximum absolute atomic E-state index is 14.8. The topological polar surface area (TPSA) is 128 Å². The molecular formula is C32H30F5N7O2. The predicted molar refractivity (Wildman–Crippen MR) is 162 cm³/mol. The van der Waals surface area contributed by atoms with Crippen molar-refractivity contribution in [2.45, 2.75) is 69.1 Å². The Kier molecular flexibility index (Phi) is 8.21. The zero-order chi connectivity index (χ0) is 32.6. The van der Waals surface area contributed by atoms with E-state index in [-0.39, 0.29) is 48.0 Å². The van der Waals surface area contributed by atoms with E-state index in [2.05, 4.69) is 20.6 Å². The maximum atomic E-state index is 14.8. The van der Waals surface area contributed by atoms with E-state index in [0.717, 1.165) is 43.7 Å². The molecule has 1 fully saturated rings. The van der Waals surface area contributed by atoms with Crippen LogP contribution in [-0.4, -0.2) is 43.5 Å². The van der Waals surface area contributed by atoms with Crippen molar-refractivity contribution in [3.05, 3.63) is 71.6 Å². The Labute approximate surface area is 260 Å². The third-order valence-corrected chi connectivity index (χ3v) is 8.31. The van der Waals surface area contributed by atoms with Crippen LogP contribution in [0, 0.1) is 0 Å². The van der Waals surface area contributed by atoms with Crippen molar-refractivity contribution in [2.75, 3.05) is 11.1 Å². The van der Waals surface area contributed by atoms with Crippen molar-refractivity contribution in [1.29, 1.82) is 0 Å². The SMILES string of the molecule is Nc1ncc2c3c1c(-c1ccc(C(=O)Nc4cc(C(F)(F)F)ccn4)cc1)nn3[C@@H]1CCC[C@H](C1)NC(=O)CCCC(F)(F)/C=C/2. The van der Waals surface area contributed by atoms with Gasteiger partial charge in [-0.25, -0.2) is 18.7 Å². The zero-order valence-corrected chi connectivity index (χ0v) is 24.5. The van der Waals surface area contributed by atoms with Crippen molar-refractivity contribution in [1.82, 2.24) is 25.1 Å². The van der Waals surface area contributed by atoms with Crippen molar-refractivity contribution >= 4 is 40.4 Å². The number of hydrogen-bond donors (Lipinski definition) is 3. The van der Waals surface area contributed by atoms with Gasteiger partial charge in [0, 0.05) is 48.0 Å². The first-order valence-electron chi connectivity index (χ1n) is 14.9. The molecule has 2 bridgehead atoms. The summed E-state index contributed by atoms with van der Waals surface area (Å²) in [5.74, 6) is -4.19. The molecule has 0 radical (unpaired) electrons. The highest BCUT2D eigenvalue weighted by atomic mass is 19.4. The number of rotatable bonds is 3. The number of alkyl halides is 5. The van der Waals surface area contributed by atoms with Gasteiger partial charge < -0.3 is 16.4 Å². The number of carbonyl (C=O) groups is 2. The van der Waals surface area contributed by atoms with Gasteiger partial charge in [-0.2, -0.15) is 18.3 Å². The lowest BCUT2D eigenvalue weighted by atomic mass is 9.90. The third kappa shape index (κ3) is 6.56. The highest BCUT2D eigenvalue weighted by Crippen LogP contribution is 2.39. The van der Waals surface area contributed by atoms with Gasteiger partial charge >= 0.3 is 6.18 Å². The average Bonchev–Trinajstić information content (AvgIpc) is 3.42. The molecule has 14 heteroatoms. The molecule has 4 aromatic rings. The molecule has 0 saturated heterocycles. The molecule has 6 rings (SSSR count). The van der Waals surface area contributed by atoms with Crippen LogP contribution in [0.5, 0.6) is 0 Å². The summed E-state index contributed by atoms with van der Waals surface area (Å²) in [5, 5.41) is 10.7. The Morgan fingerprint density at radius 1 is 1.09 bits per heavy atom. The molecular weight excluding hydrogens is 609 g/mol. The minimum absolute atomic E-state index is 0.0138. The van der Waals surface area contributed by atoms with Crippen LogP contribution >= 0.6 is 0 Å². The van der Waals surface area contributed by atoms with Crippen molar-refractivity contribution in [3.8, 4) is 11.3 Å². The van der Waals surface area contributed by atoms with Crippen LogP contribution in [0.15, 0.2) is 54.9 Å². The van der Waals surface area contributed by atoms with E-state index in [1.807, 2.05) is 0 Å². The summed E-state index contributed by atoms with van der Waals surface area (Å²) in [7, 11) is 0. The third-order valence-electron chi connectivity index (χ3n) is 8.31. The Bertz CT molecular complexity index is 1820. The van der Waals surface area contributed by atoms with E-state index >= 15 is 0 Å². The van der Waals surface area contributed by atoms with Gasteiger partial charge in [-0.15, -0.1) is 0 Å².